The maximum atomic E-state index is 13.2. The average molecular weight is 185 g/mol. The third kappa shape index (κ3) is 0.898. The molecule has 0 spiro atoms. The minimum absolute atomic E-state index is 0.0636. The molecule has 0 atom stereocenters. The first kappa shape index (κ1) is 7.55. The smallest absolute Gasteiger partial charge is 0.154 e. The van der Waals surface area contributed by atoms with Crippen molar-refractivity contribution >= 4 is 22.6 Å². The van der Waals surface area contributed by atoms with Gasteiger partial charge in [-0.1, -0.05) is 11.6 Å². The molecule has 2 aromatic rings. The summed E-state index contributed by atoms with van der Waals surface area (Å²) >= 11 is 5.55. The molecule has 0 unspecified atom stereocenters. The molecule has 4 heteroatoms. The topological polar surface area (TPSA) is 17.8 Å². The second kappa shape index (κ2) is 2.45. The van der Waals surface area contributed by atoms with E-state index in [2.05, 4.69) is 4.98 Å². The first-order chi connectivity index (χ1) is 5.70. The van der Waals surface area contributed by atoms with Gasteiger partial charge < -0.3 is 4.57 Å². The third-order valence-corrected chi connectivity index (χ3v) is 2.05. The summed E-state index contributed by atoms with van der Waals surface area (Å²) in [5.41, 5.74) is 0.608. The highest BCUT2D eigenvalue weighted by Gasteiger charge is 2.08. The standard InChI is InChI=1S/C8H6ClFN2/c1-12-3-2-5-7(10)6(9)4-11-8(5)12/h2-4H,1H3. The van der Waals surface area contributed by atoms with Gasteiger partial charge >= 0.3 is 0 Å². The van der Waals surface area contributed by atoms with Crippen molar-refractivity contribution in [3.8, 4) is 0 Å². The van der Waals surface area contributed by atoms with E-state index in [9.17, 15) is 4.39 Å². The minimum Gasteiger partial charge on any atom is -0.335 e. The van der Waals surface area contributed by atoms with Gasteiger partial charge in [0.25, 0.3) is 0 Å². The summed E-state index contributed by atoms with van der Waals surface area (Å²) in [7, 11) is 1.81. The molecule has 0 radical (unpaired) electrons. The van der Waals surface area contributed by atoms with Crippen LogP contribution in [-0.2, 0) is 7.05 Å². The summed E-state index contributed by atoms with van der Waals surface area (Å²) in [4.78, 5) is 3.99. The Morgan fingerprint density at radius 2 is 2.33 bits per heavy atom. The van der Waals surface area contributed by atoms with E-state index >= 15 is 0 Å². The van der Waals surface area contributed by atoms with Gasteiger partial charge in [-0.3, -0.25) is 0 Å². The fourth-order valence-electron chi connectivity index (χ4n) is 1.16. The number of hydrogen-bond acceptors (Lipinski definition) is 1. The number of fused-ring (bicyclic) bond motifs is 1. The van der Waals surface area contributed by atoms with Crippen molar-refractivity contribution in [1.29, 1.82) is 0 Å². The molecule has 2 aromatic heterocycles. The van der Waals surface area contributed by atoms with Crippen LogP contribution in [-0.4, -0.2) is 9.55 Å². The molecule has 0 saturated carbocycles. The summed E-state index contributed by atoms with van der Waals surface area (Å²) < 4.78 is 15.0. The number of hydrogen-bond donors (Lipinski definition) is 0. The van der Waals surface area contributed by atoms with Crippen LogP contribution in [0, 0.1) is 5.82 Å². The van der Waals surface area contributed by atoms with Crippen molar-refractivity contribution in [2.75, 3.05) is 0 Å². The maximum absolute atomic E-state index is 13.2. The van der Waals surface area contributed by atoms with Crippen molar-refractivity contribution in [3.05, 3.63) is 29.3 Å². The van der Waals surface area contributed by atoms with Crippen LogP contribution in [0.25, 0.3) is 11.0 Å². The molecule has 2 nitrogen and oxygen atoms in total. The lowest BCUT2D eigenvalue weighted by Crippen LogP contribution is -1.89. The summed E-state index contributed by atoms with van der Waals surface area (Å²) in [5.74, 6) is -0.401. The number of nitrogens with zero attached hydrogens (tertiary/aromatic N) is 2. The molecule has 62 valence electrons. The minimum atomic E-state index is -0.401. The summed E-state index contributed by atoms with van der Waals surface area (Å²) in [6.45, 7) is 0. The van der Waals surface area contributed by atoms with Crippen molar-refractivity contribution < 1.29 is 4.39 Å². The molecule has 12 heavy (non-hydrogen) atoms. The van der Waals surface area contributed by atoms with Crippen LogP contribution in [0.1, 0.15) is 0 Å². The zero-order valence-corrected chi connectivity index (χ0v) is 7.14. The van der Waals surface area contributed by atoms with Crippen LogP contribution in [0.5, 0.6) is 0 Å². The Morgan fingerprint density at radius 3 is 3.08 bits per heavy atom. The molecule has 0 fully saturated rings. The predicted octanol–water partition coefficient (Wildman–Crippen LogP) is 2.37. The van der Waals surface area contributed by atoms with Crippen LogP contribution < -0.4 is 0 Å². The Kier molecular flexibility index (Phi) is 1.54. The zero-order valence-electron chi connectivity index (χ0n) is 6.38. The maximum Gasteiger partial charge on any atom is 0.154 e. The number of halogens is 2. The van der Waals surface area contributed by atoms with Crippen molar-refractivity contribution in [1.82, 2.24) is 9.55 Å². The highest BCUT2D eigenvalue weighted by Crippen LogP contribution is 2.22. The van der Waals surface area contributed by atoms with Crippen molar-refractivity contribution in [2.24, 2.45) is 7.05 Å². The number of rotatable bonds is 0. The molecule has 0 aliphatic heterocycles. The van der Waals surface area contributed by atoms with Gasteiger partial charge in [-0.15, -0.1) is 0 Å². The Bertz CT molecular complexity index is 436. The molecule has 0 aliphatic carbocycles. The largest absolute Gasteiger partial charge is 0.335 e. The first-order valence-electron chi connectivity index (χ1n) is 3.45. The van der Waals surface area contributed by atoms with E-state index in [0.717, 1.165) is 0 Å². The van der Waals surface area contributed by atoms with Gasteiger partial charge in [-0.2, -0.15) is 0 Å². The van der Waals surface area contributed by atoms with Crippen LogP contribution in [0.15, 0.2) is 18.5 Å². The highest BCUT2D eigenvalue weighted by atomic mass is 35.5. The van der Waals surface area contributed by atoms with Crippen LogP contribution >= 0.6 is 11.6 Å². The average Bonchev–Trinajstić information content (AvgIpc) is 2.41. The first-order valence-corrected chi connectivity index (χ1v) is 3.83. The third-order valence-electron chi connectivity index (χ3n) is 1.79. The lowest BCUT2D eigenvalue weighted by atomic mass is 10.3. The molecule has 0 aliphatic rings. The van der Waals surface area contributed by atoms with E-state index < -0.39 is 5.82 Å². The molecule has 2 heterocycles. The molecule has 0 N–H and O–H groups in total. The second-order valence-corrected chi connectivity index (χ2v) is 2.99. The lowest BCUT2D eigenvalue weighted by Gasteiger charge is -1.96. The van der Waals surface area contributed by atoms with Crippen molar-refractivity contribution in [2.45, 2.75) is 0 Å². The SMILES string of the molecule is Cn1ccc2c(F)c(Cl)cnc21. The van der Waals surface area contributed by atoms with Gasteiger partial charge in [-0.05, 0) is 6.07 Å². The lowest BCUT2D eigenvalue weighted by molar-refractivity contribution is 0.638. The summed E-state index contributed by atoms with van der Waals surface area (Å²) in [5, 5.41) is 0.527. The Morgan fingerprint density at radius 1 is 1.58 bits per heavy atom. The van der Waals surface area contributed by atoms with Gasteiger partial charge in [0.05, 0.1) is 16.6 Å². The monoisotopic (exact) mass is 184 g/mol. The fourth-order valence-corrected chi connectivity index (χ4v) is 1.31. The van der Waals surface area contributed by atoms with E-state index in [1.807, 2.05) is 7.05 Å². The quantitative estimate of drug-likeness (QED) is 0.615. The van der Waals surface area contributed by atoms with E-state index in [-0.39, 0.29) is 5.02 Å². The molecule has 0 aromatic carbocycles. The van der Waals surface area contributed by atoms with E-state index in [1.165, 1.54) is 6.20 Å². The Balaban J connectivity index is 2.93. The normalized spacial score (nSPS) is 10.9. The van der Waals surface area contributed by atoms with E-state index in [0.29, 0.717) is 11.0 Å². The second-order valence-electron chi connectivity index (χ2n) is 2.58. The Hall–Kier alpha value is -1.09. The van der Waals surface area contributed by atoms with Gasteiger partial charge in [0, 0.05) is 13.2 Å². The van der Waals surface area contributed by atoms with Crippen LogP contribution in [0.2, 0.25) is 5.02 Å². The molecule has 0 bridgehead atoms. The zero-order chi connectivity index (χ0) is 8.72. The molecule has 0 saturated heterocycles. The van der Waals surface area contributed by atoms with Crippen molar-refractivity contribution in [3.63, 3.8) is 0 Å². The van der Waals surface area contributed by atoms with E-state index in [1.54, 1.807) is 16.8 Å². The van der Waals surface area contributed by atoms with Gasteiger partial charge in [0.2, 0.25) is 0 Å². The molecular weight excluding hydrogens is 179 g/mol. The summed E-state index contributed by atoms with van der Waals surface area (Å²) in [6.07, 6.45) is 3.07. The molecule has 2 rings (SSSR count). The van der Waals surface area contributed by atoms with Gasteiger partial charge in [0.15, 0.2) is 5.82 Å². The summed E-state index contributed by atoms with van der Waals surface area (Å²) in [6, 6.07) is 1.66. The highest BCUT2D eigenvalue weighted by molar-refractivity contribution is 6.31. The van der Waals surface area contributed by atoms with Crippen LogP contribution in [0.4, 0.5) is 4.39 Å². The number of aromatic nitrogens is 2. The Labute approximate surface area is 73.6 Å². The number of aryl methyl sites for hydroxylation is 1. The molecule has 0 amide bonds. The van der Waals surface area contributed by atoms with Crippen LogP contribution in [0.3, 0.4) is 0 Å². The number of pyridine rings is 1. The van der Waals surface area contributed by atoms with Gasteiger partial charge in [0.1, 0.15) is 5.65 Å². The predicted molar refractivity (Wildman–Crippen MR) is 45.7 cm³/mol. The fraction of sp³-hybridized carbons (Fsp3) is 0.125. The molecular formula is C8H6ClFN2. The van der Waals surface area contributed by atoms with Gasteiger partial charge in [-0.25, -0.2) is 9.37 Å². The van der Waals surface area contributed by atoms with E-state index in [4.69, 9.17) is 11.6 Å².